The van der Waals surface area contributed by atoms with Crippen LogP contribution in [0, 0.1) is 0 Å². The molecule has 0 amide bonds. The van der Waals surface area contributed by atoms with Crippen LogP contribution in [-0.2, 0) is 6.54 Å². The quantitative estimate of drug-likeness (QED) is 0.567. The molecule has 1 aromatic heterocycles. The zero-order valence-corrected chi connectivity index (χ0v) is 5.83. The Labute approximate surface area is 59.5 Å². The van der Waals surface area contributed by atoms with Gasteiger partial charge in [-0.05, 0) is 6.92 Å². The highest BCUT2D eigenvalue weighted by molar-refractivity contribution is 5.23. The number of nitrogens with one attached hydrogen (secondary N) is 1. The number of fused-ring (bicyclic) bond motifs is 1. The number of rotatable bonds is 0. The SMILES string of the molecule is C[C@@H]1NCc2ncncc21. The van der Waals surface area contributed by atoms with Gasteiger partial charge in [0.1, 0.15) is 6.33 Å². The highest BCUT2D eigenvalue weighted by Crippen LogP contribution is 2.20. The van der Waals surface area contributed by atoms with Gasteiger partial charge in [0, 0.05) is 24.3 Å². The van der Waals surface area contributed by atoms with Crippen molar-refractivity contribution in [1.82, 2.24) is 15.3 Å². The summed E-state index contributed by atoms with van der Waals surface area (Å²) in [5, 5.41) is 3.28. The molecule has 10 heavy (non-hydrogen) atoms. The molecule has 0 saturated heterocycles. The van der Waals surface area contributed by atoms with Crippen molar-refractivity contribution in [3.63, 3.8) is 0 Å². The van der Waals surface area contributed by atoms with Crippen molar-refractivity contribution in [3.8, 4) is 0 Å². The Kier molecular flexibility index (Phi) is 1.17. The van der Waals surface area contributed by atoms with E-state index in [1.54, 1.807) is 6.33 Å². The molecule has 0 aliphatic carbocycles. The molecule has 3 nitrogen and oxygen atoms in total. The predicted octanol–water partition coefficient (Wildman–Crippen LogP) is 0.641. The third-order valence-electron chi connectivity index (χ3n) is 1.87. The van der Waals surface area contributed by atoms with Crippen molar-refractivity contribution in [2.24, 2.45) is 0 Å². The fraction of sp³-hybridized carbons (Fsp3) is 0.429. The molecule has 1 aliphatic rings. The molecule has 2 rings (SSSR count). The summed E-state index contributed by atoms with van der Waals surface area (Å²) in [6, 6.07) is 0.427. The first-order chi connectivity index (χ1) is 4.88. The molecule has 0 aromatic carbocycles. The second-order valence-electron chi connectivity index (χ2n) is 2.53. The Morgan fingerprint density at radius 1 is 1.70 bits per heavy atom. The largest absolute Gasteiger partial charge is 0.304 e. The van der Waals surface area contributed by atoms with Crippen LogP contribution >= 0.6 is 0 Å². The summed E-state index contributed by atoms with van der Waals surface area (Å²) in [6.07, 6.45) is 3.48. The van der Waals surface area contributed by atoms with Gasteiger partial charge in [0.25, 0.3) is 0 Å². The van der Waals surface area contributed by atoms with Gasteiger partial charge in [-0.3, -0.25) is 0 Å². The van der Waals surface area contributed by atoms with Gasteiger partial charge in [-0.1, -0.05) is 0 Å². The second-order valence-corrected chi connectivity index (χ2v) is 2.53. The van der Waals surface area contributed by atoms with Gasteiger partial charge in [-0.25, -0.2) is 9.97 Å². The van der Waals surface area contributed by atoms with E-state index in [0.29, 0.717) is 6.04 Å². The maximum absolute atomic E-state index is 4.14. The molecular weight excluding hydrogens is 126 g/mol. The summed E-state index contributed by atoms with van der Waals surface area (Å²) < 4.78 is 0. The van der Waals surface area contributed by atoms with Gasteiger partial charge in [0.2, 0.25) is 0 Å². The first-order valence-corrected chi connectivity index (χ1v) is 3.40. The third kappa shape index (κ3) is 0.708. The third-order valence-corrected chi connectivity index (χ3v) is 1.87. The van der Waals surface area contributed by atoms with Crippen molar-refractivity contribution >= 4 is 0 Å². The van der Waals surface area contributed by atoms with E-state index in [9.17, 15) is 0 Å². The maximum atomic E-state index is 4.14. The lowest BCUT2D eigenvalue weighted by atomic mass is 10.2. The Hall–Kier alpha value is -0.960. The molecule has 0 saturated carbocycles. The lowest BCUT2D eigenvalue weighted by molar-refractivity contribution is 0.631. The first-order valence-electron chi connectivity index (χ1n) is 3.40. The van der Waals surface area contributed by atoms with E-state index in [2.05, 4.69) is 22.2 Å². The summed E-state index contributed by atoms with van der Waals surface area (Å²) in [5.74, 6) is 0. The molecule has 0 fully saturated rings. The highest BCUT2D eigenvalue weighted by atomic mass is 15.0. The van der Waals surface area contributed by atoms with Gasteiger partial charge in [0.15, 0.2) is 0 Å². The fourth-order valence-corrected chi connectivity index (χ4v) is 1.23. The average Bonchev–Trinajstić information content (AvgIpc) is 2.34. The topological polar surface area (TPSA) is 37.8 Å². The molecule has 3 heteroatoms. The standard InChI is InChI=1S/C7H9N3/c1-5-6-2-8-4-10-7(6)3-9-5/h2,4-5,9H,3H2,1H3/t5-/m0/s1. The monoisotopic (exact) mass is 135 g/mol. The molecule has 52 valence electrons. The minimum Gasteiger partial charge on any atom is -0.304 e. The lowest BCUT2D eigenvalue weighted by Gasteiger charge is -2.00. The van der Waals surface area contributed by atoms with Crippen LogP contribution < -0.4 is 5.32 Å². The minimum absolute atomic E-state index is 0.427. The Bertz CT molecular complexity index is 246. The zero-order valence-electron chi connectivity index (χ0n) is 5.83. The maximum Gasteiger partial charge on any atom is 0.115 e. The summed E-state index contributed by atoms with van der Waals surface area (Å²) in [7, 11) is 0. The van der Waals surface area contributed by atoms with Crippen LogP contribution in [0.1, 0.15) is 24.2 Å². The smallest absolute Gasteiger partial charge is 0.115 e. The number of nitrogens with zero attached hydrogens (tertiary/aromatic N) is 2. The van der Waals surface area contributed by atoms with Gasteiger partial charge in [-0.2, -0.15) is 0 Å². The second kappa shape index (κ2) is 2.02. The molecule has 1 aliphatic heterocycles. The van der Waals surface area contributed by atoms with Crippen molar-refractivity contribution < 1.29 is 0 Å². The Morgan fingerprint density at radius 2 is 2.60 bits per heavy atom. The molecular formula is C7H9N3. The molecule has 0 bridgehead atoms. The highest BCUT2D eigenvalue weighted by Gasteiger charge is 2.17. The summed E-state index contributed by atoms with van der Waals surface area (Å²) in [5.41, 5.74) is 2.38. The van der Waals surface area contributed by atoms with Crippen LogP contribution in [-0.4, -0.2) is 9.97 Å². The molecule has 1 N–H and O–H groups in total. The summed E-state index contributed by atoms with van der Waals surface area (Å²) >= 11 is 0. The van der Waals surface area contributed by atoms with Gasteiger partial charge >= 0.3 is 0 Å². The number of hydrogen-bond donors (Lipinski definition) is 1. The molecule has 0 spiro atoms. The average molecular weight is 135 g/mol. The van der Waals surface area contributed by atoms with E-state index >= 15 is 0 Å². The van der Waals surface area contributed by atoms with E-state index < -0.39 is 0 Å². The zero-order chi connectivity index (χ0) is 6.97. The van der Waals surface area contributed by atoms with E-state index in [0.717, 1.165) is 12.2 Å². The Morgan fingerprint density at radius 3 is 3.40 bits per heavy atom. The van der Waals surface area contributed by atoms with Crippen LogP contribution in [0.25, 0.3) is 0 Å². The lowest BCUT2D eigenvalue weighted by Crippen LogP contribution is -2.07. The van der Waals surface area contributed by atoms with Gasteiger partial charge < -0.3 is 5.32 Å². The van der Waals surface area contributed by atoms with Crippen molar-refractivity contribution in [2.75, 3.05) is 0 Å². The molecule has 1 atom stereocenters. The van der Waals surface area contributed by atoms with Crippen LogP contribution in [0.5, 0.6) is 0 Å². The van der Waals surface area contributed by atoms with Crippen LogP contribution in [0.15, 0.2) is 12.5 Å². The van der Waals surface area contributed by atoms with E-state index in [4.69, 9.17) is 0 Å². The molecule has 2 heterocycles. The summed E-state index contributed by atoms with van der Waals surface area (Å²) in [6.45, 7) is 3.01. The Balaban J connectivity index is 2.51. The normalized spacial score (nSPS) is 22.7. The van der Waals surface area contributed by atoms with E-state index in [1.807, 2.05) is 6.20 Å². The predicted molar refractivity (Wildman–Crippen MR) is 37.3 cm³/mol. The van der Waals surface area contributed by atoms with Crippen molar-refractivity contribution in [3.05, 3.63) is 23.8 Å². The molecule has 1 aromatic rings. The van der Waals surface area contributed by atoms with Crippen molar-refractivity contribution in [2.45, 2.75) is 19.5 Å². The van der Waals surface area contributed by atoms with Crippen LogP contribution in [0.2, 0.25) is 0 Å². The fourth-order valence-electron chi connectivity index (χ4n) is 1.23. The molecule has 0 unspecified atom stereocenters. The van der Waals surface area contributed by atoms with E-state index in [1.165, 1.54) is 5.56 Å². The van der Waals surface area contributed by atoms with Crippen LogP contribution in [0.4, 0.5) is 0 Å². The van der Waals surface area contributed by atoms with Gasteiger partial charge in [0.05, 0.1) is 5.69 Å². The number of aromatic nitrogens is 2. The summed E-state index contributed by atoms with van der Waals surface area (Å²) in [4.78, 5) is 8.09. The van der Waals surface area contributed by atoms with E-state index in [-0.39, 0.29) is 0 Å². The minimum atomic E-state index is 0.427. The molecule has 0 radical (unpaired) electrons. The van der Waals surface area contributed by atoms with Gasteiger partial charge in [-0.15, -0.1) is 0 Å². The van der Waals surface area contributed by atoms with Crippen LogP contribution in [0.3, 0.4) is 0 Å². The number of hydrogen-bond acceptors (Lipinski definition) is 3. The van der Waals surface area contributed by atoms with Crippen molar-refractivity contribution in [1.29, 1.82) is 0 Å². The first kappa shape index (κ1) is 5.80.